The van der Waals surface area contributed by atoms with Crippen LogP contribution in [0.25, 0.3) is 22.0 Å². The van der Waals surface area contributed by atoms with Crippen LogP contribution >= 0.6 is 0 Å². The van der Waals surface area contributed by atoms with Crippen molar-refractivity contribution in [1.29, 1.82) is 0 Å². The minimum atomic E-state index is -4.27. The number of aromatic amines is 1. The average Bonchev–Trinajstić information content (AvgIpc) is 2.99. The molecule has 0 saturated carbocycles. The highest BCUT2D eigenvalue weighted by Crippen LogP contribution is 2.40. The number of nitrogens with one attached hydrogen (secondary N) is 1. The van der Waals surface area contributed by atoms with Gasteiger partial charge >= 0.3 is 10.1 Å². The molecule has 0 fully saturated rings. The van der Waals surface area contributed by atoms with E-state index in [9.17, 15) is 18.5 Å². The Morgan fingerprint density at radius 1 is 1.11 bits per heavy atom. The van der Waals surface area contributed by atoms with E-state index in [0.29, 0.717) is 11.3 Å². The van der Waals surface area contributed by atoms with Crippen LogP contribution in [0.15, 0.2) is 59.5 Å². The fourth-order valence-corrected chi connectivity index (χ4v) is 3.72. The summed E-state index contributed by atoms with van der Waals surface area (Å²) >= 11 is 0. The molecule has 0 saturated heterocycles. The largest absolute Gasteiger partial charge is 0.369 e. The van der Waals surface area contributed by atoms with Crippen molar-refractivity contribution in [1.82, 2.24) is 9.97 Å². The van der Waals surface area contributed by atoms with Gasteiger partial charge < -0.3 is 14.9 Å². The molecular weight excluding hydrogens is 372 g/mol. The third-order valence-electron chi connectivity index (χ3n) is 4.02. The molecule has 0 aromatic heterocycles. The maximum Gasteiger partial charge on any atom is 0.340 e. The van der Waals surface area contributed by atoms with Crippen molar-refractivity contribution in [3.05, 3.63) is 64.7 Å². The van der Waals surface area contributed by atoms with E-state index in [2.05, 4.69) is 9.97 Å². The van der Waals surface area contributed by atoms with Gasteiger partial charge in [0.25, 0.3) is 5.69 Å². The molecule has 0 spiro atoms. The van der Waals surface area contributed by atoms with Crippen LogP contribution in [-0.4, -0.2) is 23.3 Å². The summed E-state index contributed by atoms with van der Waals surface area (Å²) in [5.74, 6) is -0.174. The first-order valence-corrected chi connectivity index (χ1v) is 9.12. The lowest BCUT2D eigenvalue weighted by atomic mass is 10.1. The van der Waals surface area contributed by atoms with E-state index in [1.54, 1.807) is 0 Å². The van der Waals surface area contributed by atoms with Crippen LogP contribution in [-0.2, 0) is 10.1 Å². The summed E-state index contributed by atoms with van der Waals surface area (Å²) in [6.07, 6.45) is 0. The number of H-pyrrole nitrogens is 1. The van der Waals surface area contributed by atoms with Gasteiger partial charge in [0, 0.05) is 12.1 Å². The van der Waals surface area contributed by atoms with Gasteiger partial charge in [0.1, 0.15) is 4.90 Å². The molecule has 9 nitrogen and oxygen atoms in total. The fourth-order valence-electron chi connectivity index (χ4n) is 2.83. The Morgan fingerprint density at radius 3 is 2.52 bits per heavy atom. The van der Waals surface area contributed by atoms with Crippen LogP contribution in [0.2, 0.25) is 0 Å². The second-order valence-corrected chi connectivity index (χ2v) is 7.28. The molecule has 10 heteroatoms. The van der Waals surface area contributed by atoms with E-state index in [-0.39, 0.29) is 22.4 Å². The van der Waals surface area contributed by atoms with Crippen LogP contribution in [0.4, 0.5) is 11.6 Å². The number of hydrogen-bond donors (Lipinski definition) is 2. The van der Waals surface area contributed by atoms with Crippen LogP contribution in [0.5, 0.6) is 5.88 Å². The second kappa shape index (κ2) is 5.95. The highest BCUT2D eigenvalue weighted by atomic mass is 32.2. The minimum Gasteiger partial charge on any atom is -0.369 e. The number of non-ortho nitro benzene ring substituents is 1. The highest BCUT2D eigenvalue weighted by Gasteiger charge is 2.25. The number of nitrogen functional groups attached to an aromatic ring is 1. The summed E-state index contributed by atoms with van der Waals surface area (Å²) in [6.45, 7) is 0. The van der Waals surface area contributed by atoms with Gasteiger partial charge in [-0.1, -0.05) is 24.3 Å². The number of rotatable bonds is 4. The first kappa shape index (κ1) is 16.8. The average molecular weight is 384 g/mol. The quantitative estimate of drug-likeness (QED) is 0.313. The number of aromatic nitrogens is 2. The monoisotopic (exact) mass is 384 g/mol. The standard InChI is InChI=1S/C17H12N4O5S/c18-17-19-14-9-10-3-1-2-4-13(10)15(14)16(20-17)26-27(24,25)12-7-5-11(6-8-12)21(22)23/h1-9H,(H3,18,19,20). The van der Waals surface area contributed by atoms with E-state index in [1.807, 2.05) is 30.3 Å². The summed E-state index contributed by atoms with van der Waals surface area (Å²) < 4.78 is 30.5. The lowest BCUT2D eigenvalue weighted by Crippen LogP contribution is -2.12. The maximum atomic E-state index is 12.6. The van der Waals surface area contributed by atoms with Crippen molar-refractivity contribution in [2.24, 2.45) is 0 Å². The number of fused-ring (bicyclic) bond motifs is 3. The van der Waals surface area contributed by atoms with Gasteiger partial charge in [-0.15, -0.1) is 0 Å². The molecule has 2 aromatic rings. The van der Waals surface area contributed by atoms with Crippen molar-refractivity contribution in [3.63, 3.8) is 0 Å². The molecule has 27 heavy (non-hydrogen) atoms. The smallest absolute Gasteiger partial charge is 0.340 e. The Balaban J connectivity index is 1.81. The number of nitrogens with zero attached hydrogens (tertiary/aromatic N) is 2. The van der Waals surface area contributed by atoms with Gasteiger partial charge in [-0.25, -0.2) is 0 Å². The van der Waals surface area contributed by atoms with Gasteiger partial charge in [-0.2, -0.15) is 13.4 Å². The number of hydrogen-bond acceptors (Lipinski definition) is 7. The molecule has 2 aliphatic rings. The topological polar surface area (TPSA) is 141 Å². The summed E-state index contributed by atoms with van der Waals surface area (Å²) in [5.41, 5.74) is 6.57. The van der Waals surface area contributed by atoms with Gasteiger partial charge in [0.15, 0.2) is 0 Å². The Kier molecular flexibility index (Phi) is 3.70. The fraction of sp³-hybridized carbons (Fsp3) is 0. The maximum absolute atomic E-state index is 12.6. The predicted octanol–water partition coefficient (Wildman–Crippen LogP) is 2.93. The summed E-state index contributed by atoms with van der Waals surface area (Å²) in [5, 5.41) is 12.4. The molecule has 4 rings (SSSR count). The van der Waals surface area contributed by atoms with E-state index in [1.165, 1.54) is 0 Å². The van der Waals surface area contributed by atoms with Gasteiger partial charge in [0.2, 0.25) is 11.8 Å². The summed E-state index contributed by atoms with van der Waals surface area (Å²) in [7, 11) is -4.27. The van der Waals surface area contributed by atoms with Crippen LogP contribution in [0, 0.1) is 10.1 Å². The van der Waals surface area contributed by atoms with Crippen molar-refractivity contribution in [3.8, 4) is 17.1 Å². The SMILES string of the molecule is Nc1nc(OS(=O)(=O)c2ccc([N+](=O)[O-])cc2)c2c3ccccc3cc-2[nH]1. The van der Waals surface area contributed by atoms with Crippen molar-refractivity contribution < 1.29 is 17.5 Å². The molecule has 0 unspecified atom stereocenters. The number of benzene rings is 2. The molecule has 1 heterocycles. The van der Waals surface area contributed by atoms with E-state index < -0.39 is 15.0 Å². The Labute approximate surface area is 153 Å². The molecule has 2 aromatic carbocycles. The van der Waals surface area contributed by atoms with Crippen molar-refractivity contribution in [2.75, 3.05) is 5.73 Å². The van der Waals surface area contributed by atoms with Crippen LogP contribution in [0.3, 0.4) is 0 Å². The number of nitro groups is 1. The van der Waals surface area contributed by atoms with Crippen molar-refractivity contribution >= 4 is 32.5 Å². The lowest BCUT2D eigenvalue weighted by Gasteiger charge is -2.11. The zero-order valence-corrected chi connectivity index (χ0v) is 14.4. The van der Waals surface area contributed by atoms with Crippen LogP contribution in [0.1, 0.15) is 0 Å². The number of nitro benzene ring substituents is 1. The second-order valence-electron chi connectivity index (χ2n) is 5.74. The third-order valence-corrected chi connectivity index (χ3v) is 5.25. The molecular formula is C17H12N4O5S. The molecule has 0 amide bonds. The minimum absolute atomic E-state index is 0.00768. The molecule has 136 valence electrons. The predicted molar refractivity (Wildman–Crippen MR) is 98.0 cm³/mol. The first-order chi connectivity index (χ1) is 12.8. The zero-order valence-electron chi connectivity index (χ0n) is 13.6. The Hall–Kier alpha value is -3.66. The van der Waals surface area contributed by atoms with E-state index in [4.69, 9.17) is 9.92 Å². The van der Waals surface area contributed by atoms with Gasteiger partial charge in [-0.05, 0) is 29.0 Å². The molecule has 1 aliphatic carbocycles. The normalized spacial score (nSPS) is 11.7. The molecule has 3 N–H and O–H groups in total. The Morgan fingerprint density at radius 2 is 1.81 bits per heavy atom. The highest BCUT2D eigenvalue weighted by molar-refractivity contribution is 7.87. The Bertz CT molecular complexity index is 1250. The lowest BCUT2D eigenvalue weighted by molar-refractivity contribution is -0.384. The number of anilines is 1. The zero-order chi connectivity index (χ0) is 19.2. The van der Waals surface area contributed by atoms with E-state index >= 15 is 0 Å². The number of nitrogens with two attached hydrogens (primary N) is 1. The van der Waals surface area contributed by atoms with E-state index in [0.717, 1.165) is 35.0 Å². The summed E-state index contributed by atoms with van der Waals surface area (Å²) in [4.78, 5) is 16.8. The third kappa shape index (κ3) is 2.91. The van der Waals surface area contributed by atoms with Gasteiger partial charge in [-0.3, -0.25) is 10.1 Å². The van der Waals surface area contributed by atoms with Crippen LogP contribution < -0.4 is 9.92 Å². The first-order valence-electron chi connectivity index (χ1n) is 7.71. The molecule has 0 radical (unpaired) electrons. The summed E-state index contributed by atoms with van der Waals surface area (Å²) in [6, 6.07) is 13.5. The molecule has 0 atom stereocenters. The molecule has 0 bridgehead atoms. The van der Waals surface area contributed by atoms with Crippen molar-refractivity contribution in [2.45, 2.75) is 4.90 Å². The van der Waals surface area contributed by atoms with Gasteiger partial charge in [0.05, 0.1) is 16.2 Å². The molecule has 1 aliphatic heterocycles.